The molecular formula is C34H33N3O3. The maximum atomic E-state index is 14.0. The number of likely N-dealkylation sites (tertiary alicyclic amines) is 1. The van der Waals surface area contributed by atoms with Gasteiger partial charge in [0, 0.05) is 67.5 Å². The smallest absolute Gasteiger partial charge is 0.344 e. The van der Waals surface area contributed by atoms with E-state index in [9.17, 15) is 9.59 Å². The fraction of sp³-hybridized carbons (Fsp3) is 0.294. The highest BCUT2D eigenvalue weighted by atomic mass is 16.5. The minimum Gasteiger partial charge on any atom is -0.427 e. The number of aromatic nitrogens is 2. The van der Waals surface area contributed by atoms with E-state index in [1.54, 1.807) is 31.5 Å². The third-order valence-corrected chi connectivity index (χ3v) is 7.99. The Morgan fingerprint density at radius 3 is 2.20 bits per heavy atom. The highest BCUT2D eigenvalue weighted by molar-refractivity contribution is 6.23. The van der Waals surface area contributed by atoms with Gasteiger partial charge in [-0.05, 0) is 92.1 Å². The predicted molar refractivity (Wildman–Crippen MR) is 156 cm³/mol. The lowest BCUT2D eigenvalue weighted by Gasteiger charge is -2.45. The fourth-order valence-corrected chi connectivity index (χ4v) is 5.99. The van der Waals surface area contributed by atoms with Crippen molar-refractivity contribution in [3.8, 4) is 11.8 Å². The minimum absolute atomic E-state index is 0.0142. The molecule has 202 valence electrons. The van der Waals surface area contributed by atoms with Gasteiger partial charge in [0.05, 0.1) is 11.1 Å². The van der Waals surface area contributed by atoms with Gasteiger partial charge in [-0.1, -0.05) is 12.5 Å². The molecule has 0 saturated carbocycles. The summed E-state index contributed by atoms with van der Waals surface area (Å²) in [7, 11) is 0. The van der Waals surface area contributed by atoms with E-state index in [0.29, 0.717) is 29.7 Å². The van der Waals surface area contributed by atoms with E-state index in [2.05, 4.69) is 33.3 Å². The molecule has 0 bridgehead atoms. The Morgan fingerprint density at radius 1 is 1.00 bits per heavy atom. The summed E-state index contributed by atoms with van der Waals surface area (Å²) in [5, 5.41) is 0. The van der Waals surface area contributed by atoms with Crippen LogP contribution in [0.15, 0.2) is 73.5 Å². The Labute approximate surface area is 235 Å². The Hall–Kier alpha value is -4.50. The highest BCUT2D eigenvalue weighted by Crippen LogP contribution is 2.49. The van der Waals surface area contributed by atoms with Gasteiger partial charge in [-0.25, -0.2) is 4.79 Å². The number of aryl methyl sites for hydroxylation is 2. The molecule has 3 aromatic rings. The maximum Gasteiger partial charge on any atom is 0.344 e. The lowest BCUT2D eigenvalue weighted by atomic mass is 9.66. The molecule has 1 aliphatic carbocycles. The first-order valence-corrected chi connectivity index (χ1v) is 13.6. The van der Waals surface area contributed by atoms with Crippen LogP contribution in [0.1, 0.15) is 70.8 Å². The molecule has 0 amide bonds. The van der Waals surface area contributed by atoms with E-state index in [0.717, 1.165) is 59.4 Å². The van der Waals surface area contributed by atoms with Gasteiger partial charge in [-0.2, -0.15) is 0 Å². The summed E-state index contributed by atoms with van der Waals surface area (Å²) >= 11 is 0. The van der Waals surface area contributed by atoms with Crippen LogP contribution in [0.2, 0.25) is 0 Å². The van der Waals surface area contributed by atoms with E-state index in [1.807, 2.05) is 44.3 Å². The molecular weight excluding hydrogens is 498 g/mol. The van der Waals surface area contributed by atoms with Crippen LogP contribution in [0, 0.1) is 31.1 Å². The molecule has 2 aliphatic rings. The van der Waals surface area contributed by atoms with Gasteiger partial charge >= 0.3 is 5.97 Å². The second-order valence-electron chi connectivity index (χ2n) is 10.7. The zero-order valence-corrected chi connectivity index (χ0v) is 23.3. The van der Waals surface area contributed by atoms with E-state index >= 15 is 0 Å². The Balaban J connectivity index is 1.49. The molecule has 6 nitrogen and oxygen atoms in total. The van der Waals surface area contributed by atoms with Gasteiger partial charge in [0.2, 0.25) is 0 Å². The summed E-state index contributed by atoms with van der Waals surface area (Å²) in [5.41, 5.74) is 6.12. The second kappa shape index (κ2) is 11.3. The van der Waals surface area contributed by atoms with Crippen molar-refractivity contribution in [1.29, 1.82) is 0 Å². The van der Waals surface area contributed by atoms with E-state index < -0.39 is 5.97 Å². The number of carbonyl (C=O) groups excluding carboxylic acids is 2. The van der Waals surface area contributed by atoms with Gasteiger partial charge in [-0.15, -0.1) is 5.92 Å². The lowest BCUT2D eigenvalue weighted by molar-refractivity contribution is -0.117. The van der Waals surface area contributed by atoms with Gasteiger partial charge in [0.1, 0.15) is 5.76 Å². The van der Waals surface area contributed by atoms with Crippen LogP contribution in [0.3, 0.4) is 0 Å². The normalized spacial score (nSPS) is 16.4. The number of ether oxygens (including phenoxy) is 1. The first-order chi connectivity index (χ1) is 19.3. The third-order valence-electron chi connectivity index (χ3n) is 7.99. The van der Waals surface area contributed by atoms with E-state index in [4.69, 9.17) is 4.74 Å². The molecule has 3 heterocycles. The van der Waals surface area contributed by atoms with E-state index in [-0.39, 0.29) is 11.2 Å². The average Bonchev–Trinajstić information content (AvgIpc) is 2.95. The van der Waals surface area contributed by atoms with Crippen LogP contribution >= 0.6 is 0 Å². The number of allylic oxidation sites excluding steroid dienone is 2. The van der Waals surface area contributed by atoms with Crippen molar-refractivity contribution >= 4 is 23.0 Å². The van der Waals surface area contributed by atoms with Gasteiger partial charge in [0.15, 0.2) is 5.78 Å². The molecule has 0 unspecified atom stereocenters. The number of carbonyl (C=O) groups is 2. The van der Waals surface area contributed by atoms with Crippen molar-refractivity contribution < 1.29 is 14.3 Å². The topological polar surface area (TPSA) is 72.4 Å². The number of nitrogens with zero attached hydrogens (tertiary/aromatic N) is 3. The van der Waals surface area contributed by atoms with Crippen molar-refractivity contribution in [3.05, 3.63) is 107 Å². The standard InChI is InChI=1S/C34H33N3O3/c1-5-8-26-17-23(2)31(24(3)18-26)32-29(38)19-34(20-30(32)40-33(39)28-10-7-14-36-22-28)11-15-37(16-12-34)25(4)27-9-6-13-35-21-27/h6-7,9-10,13-14,17-18,21-22H,4,11-12,15-16,19-20H2,1-3H3. The monoisotopic (exact) mass is 531 g/mol. The van der Waals surface area contributed by atoms with Gasteiger partial charge < -0.3 is 9.64 Å². The first kappa shape index (κ1) is 27.1. The summed E-state index contributed by atoms with van der Waals surface area (Å²) in [6.07, 6.45) is 9.19. The predicted octanol–water partition coefficient (Wildman–Crippen LogP) is 6.15. The quantitative estimate of drug-likeness (QED) is 0.291. The second-order valence-corrected chi connectivity index (χ2v) is 10.7. The highest BCUT2D eigenvalue weighted by Gasteiger charge is 2.44. The molecule has 6 heteroatoms. The molecule has 1 spiro atoms. The molecule has 40 heavy (non-hydrogen) atoms. The molecule has 0 N–H and O–H groups in total. The molecule has 1 fully saturated rings. The molecule has 2 aromatic heterocycles. The van der Waals surface area contributed by atoms with Crippen molar-refractivity contribution in [1.82, 2.24) is 14.9 Å². The van der Waals surface area contributed by atoms with Gasteiger partial charge in [-0.3, -0.25) is 14.8 Å². The zero-order valence-electron chi connectivity index (χ0n) is 23.3. The first-order valence-electron chi connectivity index (χ1n) is 13.6. The number of rotatable bonds is 5. The van der Waals surface area contributed by atoms with Crippen LogP contribution in [0.4, 0.5) is 0 Å². The summed E-state index contributed by atoms with van der Waals surface area (Å²) in [4.78, 5) is 37.8. The Bertz CT molecular complexity index is 1530. The SMILES string of the molecule is C=C(c1cccnc1)N1CCC2(CC1)CC(=O)C(c1c(C)cc(C#CC)cc1C)=C(OC(=O)c1cccnc1)C2. The molecule has 1 aromatic carbocycles. The number of benzene rings is 1. The summed E-state index contributed by atoms with van der Waals surface area (Å²) in [5.74, 6) is 6.01. The number of piperidine rings is 1. The third kappa shape index (κ3) is 5.46. The Kier molecular flexibility index (Phi) is 7.66. The number of Topliss-reactive ketones (excluding diaryl/α,β-unsaturated/α-hetero) is 1. The fourth-order valence-electron chi connectivity index (χ4n) is 5.99. The number of hydrogen-bond donors (Lipinski definition) is 0. The molecule has 0 radical (unpaired) electrons. The minimum atomic E-state index is -0.503. The van der Waals surface area contributed by atoms with Crippen LogP contribution in [-0.4, -0.2) is 39.7 Å². The largest absolute Gasteiger partial charge is 0.427 e. The number of hydrogen-bond acceptors (Lipinski definition) is 6. The van der Waals surface area contributed by atoms with Crippen molar-refractivity contribution in [2.75, 3.05) is 13.1 Å². The average molecular weight is 532 g/mol. The summed E-state index contributed by atoms with van der Waals surface area (Å²) in [6, 6.07) is 11.3. The van der Waals surface area contributed by atoms with Crippen molar-refractivity contribution in [2.45, 2.75) is 46.5 Å². The zero-order chi connectivity index (χ0) is 28.3. The van der Waals surface area contributed by atoms with Crippen LogP contribution in [0.5, 0.6) is 0 Å². The molecule has 0 atom stereocenters. The number of pyridine rings is 2. The van der Waals surface area contributed by atoms with Crippen LogP contribution in [0.25, 0.3) is 11.3 Å². The molecule has 1 saturated heterocycles. The number of esters is 1. The number of ketones is 1. The Morgan fingerprint density at radius 2 is 1.62 bits per heavy atom. The van der Waals surface area contributed by atoms with Crippen LogP contribution in [-0.2, 0) is 9.53 Å². The van der Waals surface area contributed by atoms with Crippen molar-refractivity contribution in [3.63, 3.8) is 0 Å². The molecule has 1 aliphatic heterocycles. The summed E-state index contributed by atoms with van der Waals surface area (Å²) in [6.45, 7) is 11.6. The van der Waals surface area contributed by atoms with Gasteiger partial charge in [0.25, 0.3) is 0 Å². The maximum absolute atomic E-state index is 14.0. The summed E-state index contributed by atoms with van der Waals surface area (Å²) < 4.78 is 6.09. The van der Waals surface area contributed by atoms with Crippen LogP contribution < -0.4 is 0 Å². The molecule has 5 rings (SSSR count). The van der Waals surface area contributed by atoms with Crippen molar-refractivity contribution in [2.24, 2.45) is 5.41 Å². The van der Waals surface area contributed by atoms with E-state index in [1.165, 1.54) is 6.20 Å². The lowest BCUT2D eigenvalue weighted by Crippen LogP contribution is -2.42.